The Labute approximate surface area is 138 Å². The summed E-state index contributed by atoms with van der Waals surface area (Å²) in [7, 11) is 3.60. The molecular formula is C14H13F6N3O2. The lowest BCUT2D eigenvalue weighted by molar-refractivity contribution is -0.293. The second kappa shape index (κ2) is 6.12. The first kappa shape index (κ1) is 18.9. The van der Waals surface area contributed by atoms with Gasteiger partial charge in [-0.05, 0) is 12.1 Å². The van der Waals surface area contributed by atoms with Crippen LogP contribution < -0.4 is 4.74 Å². The van der Waals surface area contributed by atoms with Crippen molar-refractivity contribution in [1.29, 1.82) is 0 Å². The van der Waals surface area contributed by atoms with Crippen LogP contribution in [0.5, 0.6) is 5.75 Å². The average molecular weight is 369 g/mol. The summed E-state index contributed by atoms with van der Waals surface area (Å²) in [4.78, 5) is 6.43. The monoisotopic (exact) mass is 369 g/mol. The van der Waals surface area contributed by atoms with Crippen LogP contribution in [0, 0.1) is 0 Å². The number of hydrogen-bond acceptors (Lipinski definition) is 5. The molecule has 1 aliphatic rings. The van der Waals surface area contributed by atoms with Crippen molar-refractivity contribution in [3.8, 4) is 5.75 Å². The first-order valence-electron chi connectivity index (χ1n) is 6.74. The average Bonchev–Trinajstić information content (AvgIpc) is 2.52. The molecule has 11 heteroatoms. The standard InChI is InChI=1S/C14H13F6N3O2/c1-23(2)11-22-12(13(15,16)17,14(18,19)20)21-10(25-11)8-6-4-5-7-9(8)24-3/h4-7H,1-3H3. The van der Waals surface area contributed by atoms with Crippen LogP contribution in [0.4, 0.5) is 26.3 Å². The lowest BCUT2D eigenvalue weighted by atomic mass is 10.1. The summed E-state index contributed by atoms with van der Waals surface area (Å²) in [6.45, 7) is 0. The van der Waals surface area contributed by atoms with Gasteiger partial charge in [0.05, 0.1) is 12.7 Å². The Morgan fingerprint density at radius 2 is 1.56 bits per heavy atom. The van der Waals surface area contributed by atoms with Crippen LogP contribution in [0.3, 0.4) is 0 Å². The summed E-state index contributed by atoms with van der Waals surface area (Å²) in [5, 5.41) is 0. The molecule has 25 heavy (non-hydrogen) atoms. The molecule has 0 spiro atoms. The highest BCUT2D eigenvalue weighted by molar-refractivity contribution is 6.04. The van der Waals surface area contributed by atoms with E-state index in [0.717, 1.165) is 4.90 Å². The largest absolute Gasteiger partial charge is 0.496 e. The van der Waals surface area contributed by atoms with Gasteiger partial charge >= 0.3 is 18.0 Å². The van der Waals surface area contributed by atoms with Crippen molar-refractivity contribution in [2.75, 3.05) is 21.2 Å². The Morgan fingerprint density at radius 3 is 2.04 bits per heavy atom. The molecule has 2 rings (SSSR count). The molecule has 0 atom stereocenters. The third kappa shape index (κ3) is 3.22. The van der Waals surface area contributed by atoms with Crippen molar-refractivity contribution in [3.05, 3.63) is 29.8 Å². The zero-order valence-corrected chi connectivity index (χ0v) is 13.2. The number of hydrogen-bond donors (Lipinski definition) is 0. The highest BCUT2D eigenvalue weighted by Crippen LogP contribution is 2.49. The predicted octanol–water partition coefficient (Wildman–Crippen LogP) is 3.21. The molecule has 0 saturated carbocycles. The maximum absolute atomic E-state index is 13.4. The van der Waals surface area contributed by atoms with E-state index in [1.54, 1.807) is 0 Å². The zero-order chi connectivity index (χ0) is 19.0. The number of amidine groups is 1. The van der Waals surface area contributed by atoms with Crippen LogP contribution in [0.1, 0.15) is 5.56 Å². The molecule has 0 aliphatic carbocycles. The molecule has 0 saturated heterocycles. The number of rotatable bonds is 2. The van der Waals surface area contributed by atoms with Gasteiger partial charge in [-0.1, -0.05) is 12.1 Å². The van der Waals surface area contributed by atoms with Crippen LogP contribution in [-0.4, -0.2) is 56.0 Å². The molecule has 0 unspecified atom stereocenters. The maximum atomic E-state index is 13.4. The fourth-order valence-corrected chi connectivity index (χ4v) is 1.98. The van der Waals surface area contributed by atoms with Crippen LogP contribution in [0.2, 0.25) is 0 Å². The second-order valence-corrected chi connectivity index (χ2v) is 5.18. The van der Waals surface area contributed by atoms with Gasteiger partial charge in [-0.3, -0.25) is 0 Å². The molecule has 1 aromatic rings. The predicted molar refractivity (Wildman–Crippen MR) is 76.6 cm³/mol. The van der Waals surface area contributed by atoms with Crippen molar-refractivity contribution < 1.29 is 35.8 Å². The molecule has 0 fully saturated rings. The number of ether oxygens (including phenoxy) is 2. The fraction of sp³-hybridized carbons (Fsp3) is 0.429. The second-order valence-electron chi connectivity index (χ2n) is 5.18. The van der Waals surface area contributed by atoms with Gasteiger partial charge in [-0.2, -0.15) is 31.3 Å². The number of aliphatic imine (C=N–C) groups is 2. The molecule has 5 nitrogen and oxygen atoms in total. The molecule has 0 N–H and O–H groups in total. The summed E-state index contributed by atoms with van der Waals surface area (Å²) < 4.78 is 90.2. The van der Waals surface area contributed by atoms with Crippen LogP contribution >= 0.6 is 0 Å². The zero-order valence-electron chi connectivity index (χ0n) is 13.2. The number of nitrogens with zero attached hydrogens (tertiary/aromatic N) is 3. The summed E-state index contributed by atoms with van der Waals surface area (Å²) in [5.41, 5.74) is -4.84. The number of para-hydroxylation sites is 1. The highest BCUT2D eigenvalue weighted by atomic mass is 19.4. The van der Waals surface area contributed by atoms with Crippen molar-refractivity contribution in [2.45, 2.75) is 18.0 Å². The Hall–Kier alpha value is -2.46. The van der Waals surface area contributed by atoms with E-state index in [-0.39, 0.29) is 11.3 Å². The Kier molecular flexibility index (Phi) is 4.62. The van der Waals surface area contributed by atoms with Gasteiger partial charge < -0.3 is 14.4 Å². The van der Waals surface area contributed by atoms with E-state index >= 15 is 0 Å². The van der Waals surface area contributed by atoms with Crippen molar-refractivity contribution in [2.24, 2.45) is 9.98 Å². The van der Waals surface area contributed by atoms with Crippen LogP contribution in [0.25, 0.3) is 0 Å². The first-order chi connectivity index (χ1) is 11.4. The van der Waals surface area contributed by atoms with Gasteiger partial charge in [0, 0.05) is 14.1 Å². The van der Waals surface area contributed by atoms with E-state index in [1.165, 1.54) is 45.5 Å². The fourth-order valence-electron chi connectivity index (χ4n) is 1.98. The summed E-state index contributed by atoms with van der Waals surface area (Å²) >= 11 is 0. The topological polar surface area (TPSA) is 46.4 Å². The number of halogens is 6. The molecule has 0 aromatic heterocycles. The van der Waals surface area contributed by atoms with Crippen molar-refractivity contribution >= 4 is 11.9 Å². The SMILES string of the molecule is COc1ccccc1C1=NC(C(F)(F)F)(C(F)(F)F)N=C(N(C)C)O1. The Bertz CT molecular complexity index is 695. The highest BCUT2D eigenvalue weighted by Gasteiger charge is 2.74. The number of benzene rings is 1. The number of methoxy groups -OCH3 is 1. The molecule has 1 aromatic carbocycles. The van der Waals surface area contributed by atoms with Crippen molar-refractivity contribution in [1.82, 2.24) is 4.90 Å². The minimum atomic E-state index is -5.83. The van der Waals surface area contributed by atoms with Crippen LogP contribution in [0.15, 0.2) is 34.3 Å². The van der Waals surface area contributed by atoms with Gasteiger partial charge in [-0.25, -0.2) is 4.99 Å². The third-order valence-corrected chi connectivity index (χ3v) is 3.22. The van der Waals surface area contributed by atoms with E-state index in [4.69, 9.17) is 9.47 Å². The third-order valence-electron chi connectivity index (χ3n) is 3.22. The van der Waals surface area contributed by atoms with Gasteiger partial charge in [0.25, 0.3) is 6.02 Å². The summed E-state index contributed by atoms with van der Waals surface area (Å²) in [5.74, 6) is -0.898. The van der Waals surface area contributed by atoms with E-state index in [2.05, 4.69) is 9.98 Å². The molecule has 1 aliphatic heterocycles. The molecule has 0 amide bonds. The van der Waals surface area contributed by atoms with Gasteiger partial charge in [-0.15, -0.1) is 0 Å². The van der Waals surface area contributed by atoms with E-state index in [1.807, 2.05) is 0 Å². The summed E-state index contributed by atoms with van der Waals surface area (Å²) in [6, 6.07) is 4.59. The normalized spacial score (nSPS) is 17.3. The van der Waals surface area contributed by atoms with Gasteiger partial charge in [0.2, 0.25) is 5.90 Å². The van der Waals surface area contributed by atoms with E-state index in [9.17, 15) is 26.3 Å². The lowest BCUT2D eigenvalue weighted by Gasteiger charge is -2.35. The minimum Gasteiger partial charge on any atom is -0.496 e. The minimum absolute atomic E-state index is 0.000458. The van der Waals surface area contributed by atoms with Gasteiger partial charge in [0.1, 0.15) is 5.75 Å². The van der Waals surface area contributed by atoms with Crippen LogP contribution in [-0.2, 0) is 4.74 Å². The van der Waals surface area contributed by atoms with Gasteiger partial charge in [0.15, 0.2) is 0 Å². The maximum Gasteiger partial charge on any atom is 0.443 e. The summed E-state index contributed by atoms with van der Waals surface area (Å²) in [6.07, 6.45) is -11.7. The quantitative estimate of drug-likeness (QED) is 0.753. The molecule has 1 heterocycles. The molecule has 0 radical (unpaired) electrons. The molecule has 138 valence electrons. The Morgan fingerprint density at radius 1 is 1.00 bits per heavy atom. The Balaban J connectivity index is 2.76. The first-order valence-corrected chi connectivity index (χ1v) is 6.74. The number of alkyl halides is 6. The molecular weight excluding hydrogens is 356 g/mol. The van der Waals surface area contributed by atoms with E-state index < -0.39 is 29.9 Å². The smallest absolute Gasteiger partial charge is 0.443 e. The van der Waals surface area contributed by atoms with E-state index in [0.29, 0.717) is 0 Å². The lowest BCUT2D eigenvalue weighted by Crippen LogP contribution is -2.57. The van der Waals surface area contributed by atoms with Crippen molar-refractivity contribution in [3.63, 3.8) is 0 Å². The molecule has 0 bridgehead atoms.